The van der Waals surface area contributed by atoms with E-state index >= 15 is 0 Å². The van der Waals surface area contributed by atoms with E-state index in [0.29, 0.717) is 11.3 Å². The highest BCUT2D eigenvalue weighted by Crippen LogP contribution is 2.17. The largest absolute Gasteiger partial charge is 0.496 e. The van der Waals surface area contributed by atoms with Gasteiger partial charge in [0.05, 0.1) is 12.7 Å². The van der Waals surface area contributed by atoms with E-state index in [0.717, 1.165) is 0 Å². The number of aliphatic carboxylic acids is 1. The fourth-order valence-electron chi connectivity index (χ4n) is 1.89. The molecular formula is C17H15NO4. The van der Waals surface area contributed by atoms with Gasteiger partial charge in [-0.1, -0.05) is 42.5 Å². The van der Waals surface area contributed by atoms with Crippen LogP contribution in [0.3, 0.4) is 0 Å². The number of nitrogens with one attached hydrogen (secondary N) is 1. The van der Waals surface area contributed by atoms with Crippen molar-refractivity contribution in [2.75, 3.05) is 7.11 Å². The molecule has 0 spiro atoms. The summed E-state index contributed by atoms with van der Waals surface area (Å²) in [5.74, 6) is -1.38. The third-order valence-corrected chi connectivity index (χ3v) is 2.94. The molecule has 5 heteroatoms. The van der Waals surface area contributed by atoms with Crippen LogP contribution in [-0.4, -0.2) is 24.1 Å². The first-order valence-electron chi connectivity index (χ1n) is 6.56. The Bertz CT molecular complexity index is 708. The van der Waals surface area contributed by atoms with Crippen LogP contribution in [0, 0.1) is 0 Å². The number of para-hydroxylation sites is 1. The van der Waals surface area contributed by atoms with Crippen LogP contribution in [0.5, 0.6) is 5.75 Å². The summed E-state index contributed by atoms with van der Waals surface area (Å²) >= 11 is 0. The van der Waals surface area contributed by atoms with Gasteiger partial charge in [0.25, 0.3) is 5.91 Å². The van der Waals surface area contributed by atoms with Crippen molar-refractivity contribution >= 4 is 18.0 Å². The van der Waals surface area contributed by atoms with Gasteiger partial charge in [0.2, 0.25) is 0 Å². The van der Waals surface area contributed by atoms with E-state index in [4.69, 9.17) is 4.74 Å². The van der Waals surface area contributed by atoms with Gasteiger partial charge in [-0.05, 0) is 23.8 Å². The Hall–Kier alpha value is -3.08. The molecule has 1 amide bonds. The average Bonchev–Trinajstić information content (AvgIpc) is 2.55. The number of amides is 1. The predicted molar refractivity (Wildman–Crippen MR) is 82.5 cm³/mol. The fourth-order valence-corrected chi connectivity index (χ4v) is 1.89. The minimum atomic E-state index is -1.22. The highest BCUT2D eigenvalue weighted by molar-refractivity contribution is 6.04. The third kappa shape index (κ3) is 3.73. The van der Waals surface area contributed by atoms with E-state index in [1.165, 1.54) is 13.2 Å². The number of ether oxygens (including phenoxy) is 1. The summed E-state index contributed by atoms with van der Waals surface area (Å²) in [6, 6.07) is 15.5. The van der Waals surface area contributed by atoms with Gasteiger partial charge in [-0.25, -0.2) is 4.79 Å². The Morgan fingerprint density at radius 3 is 2.32 bits per heavy atom. The molecule has 0 fully saturated rings. The van der Waals surface area contributed by atoms with Crippen molar-refractivity contribution in [1.82, 2.24) is 5.32 Å². The topological polar surface area (TPSA) is 75.6 Å². The molecule has 0 atom stereocenters. The Morgan fingerprint density at radius 2 is 1.68 bits per heavy atom. The van der Waals surface area contributed by atoms with Crippen molar-refractivity contribution in [2.24, 2.45) is 0 Å². The van der Waals surface area contributed by atoms with Crippen LogP contribution < -0.4 is 10.1 Å². The molecule has 0 unspecified atom stereocenters. The first kappa shape index (κ1) is 15.3. The summed E-state index contributed by atoms with van der Waals surface area (Å²) in [5, 5.41) is 11.6. The monoisotopic (exact) mass is 297 g/mol. The summed E-state index contributed by atoms with van der Waals surface area (Å²) in [5.41, 5.74) is 0.743. The van der Waals surface area contributed by atoms with E-state index in [1.807, 2.05) is 6.07 Å². The molecule has 0 aliphatic heterocycles. The maximum absolute atomic E-state index is 12.2. The van der Waals surface area contributed by atoms with Gasteiger partial charge < -0.3 is 15.2 Å². The van der Waals surface area contributed by atoms with Crippen LogP contribution in [0.15, 0.2) is 60.3 Å². The van der Waals surface area contributed by atoms with Crippen LogP contribution in [0.25, 0.3) is 6.08 Å². The highest BCUT2D eigenvalue weighted by Gasteiger charge is 2.16. The molecule has 0 bridgehead atoms. The molecule has 0 aliphatic rings. The van der Waals surface area contributed by atoms with Crippen molar-refractivity contribution in [3.8, 4) is 5.75 Å². The lowest BCUT2D eigenvalue weighted by atomic mass is 10.1. The van der Waals surface area contributed by atoms with Crippen molar-refractivity contribution in [3.63, 3.8) is 0 Å². The predicted octanol–water partition coefficient (Wildman–Crippen LogP) is 2.55. The summed E-state index contributed by atoms with van der Waals surface area (Å²) in [4.78, 5) is 23.5. The molecule has 0 aliphatic carbocycles. The molecule has 112 valence electrons. The van der Waals surface area contributed by atoms with Crippen LogP contribution in [-0.2, 0) is 4.79 Å². The summed E-state index contributed by atoms with van der Waals surface area (Å²) in [6.45, 7) is 0. The van der Waals surface area contributed by atoms with Crippen molar-refractivity contribution in [1.29, 1.82) is 0 Å². The summed E-state index contributed by atoms with van der Waals surface area (Å²) in [7, 11) is 1.45. The second-order valence-corrected chi connectivity index (χ2v) is 4.43. The Labute approximate surface area is 127 Å². The second-order valence-electron chi connectivity index (χ2n) is 4.43. The molecule has 5 nitrogen and oxygen atoms in total. The summed E-state index contributed by atoms with van der Waals surface area (Å²) in [6.07, 6.45) is 1.40. The minimum absolute atomic E-state index is 0.206. The number of methoxy groups -OCH3 is 1. The molecule has 2 N–H and O–H groups in total. The number of hydrogen-bond acceptors (Lipinski definition) is 3. The molecule has 0 aromatic heterocycles. The zero-order valence-corrected chi connectivity index (χ0v) is 11.9. The maximum atomic E-state index is 12.2. The average molecular weight is 297 g/mol. The maximum Gasteiger partial charge on any atom is 0.352 e. The standard InChI is InChI=1S/C17H15NO4/c1-22-15-10-6-5-9-13(15)16(19)18-14(17(20)21)11-12-7-3-2-4-8-12/h2-11H,1H3,(H,18,19)(H,20,21). The zero-order valence-electron chi connectivity index (χ0n) is 11.9. The SMILES string of the molecule is COc1ccccc1C(=O)NC(=Cc1ccccc1)C(=O)O. The molecule has 2 aromatic carbocycles. The first-order chi connectivity index (χ1) is 10.6. The van der Waals surface area contributed by atoms with Crippen molar-refractivity contribution in [2.45, 2.75) is 0 Å². The molecule has 2 aromatic rings. The molecule has 0 saturated heterocycles. The lowest BCUT2D eigenvalue weighted by Crippen LogP contribution is -2.27. The lowest BCUT2D eigenvalue weighted by molar-refractivity contribution is -0.132. The van der Waals surface area contributed by atoms with Gasteiger partial charge in [0, 0.05) is 0 Å². The Kier molecular flexibility index (Phi) is 4.93. The summed E-state index contributed by atoms with van der Waals surface area (Å²) < 4.78 is 5.10. The van der Waals surface area contributed by atoms with Gasteiger partial charge in [0.15, 0.2) is 0 Å². The van der Waals surface area contributed by atoms with Crippen LogP contribution in [0.4, 0.5) is 0 Å². The van der Waals surface area contributed by atoms with Gasteiger partial charge in [-0.15, -0.1) is 0 Å². The highest BCUT2D eigenvalue weighted by atomic mass is 16.5. The molecule has 22 heavy (non-hydrogen) atoms. The van der Waals surface area contributed by atoms with E-state index in [9.17, 15) is 14.7 Å². The molecule has 2 rings (SSSR count). The first-order valence-corrected chi connectivity index (χ1v) is 6.56. The Morgan fingerprint density at radius 1 is 1.05 bits per heavy atom. The van der Waals surface area contributed by atoms with E-state index in [2.05, 4.69) is 5.32 Å². The van der Waals surface area contributed by atoms with Crippen molar-refractivity contribution in [3.05, 3.63) is 71.4 Å². The van der Waals surface area contributed by atoms with E-state index in [-0.39, 0.29) is 11.3 Å². The number of rotatable bonds is 5. The van der Waals surface area contributed by atoms with Crippen LogP contribution in [0.2, 0.25) is 0 Å². The quantitative estimate of drug-likeness (QED) is 0.832. The number of carbonyl (C=O) groups excluding carboxylic acids is 1. The number of hydrogen-bond donors (Lipinski definition) is 2. The number of carbonyl (C=O) groups is 2. The third-order valence-electron chi connectivity index (χ3n) is 2.94. The van der Waals surface area contributed by atoms with Gasteiger partial charge in [0.1, 0.15) is 11.4 Å². The second kappa shape index (κ2) is 7.08. The smallest absolute Gasteiger partial charge is 0.352 e. The van der Waals surface area contributed by atoms with E-state index in [1.54, 1.807) is 48.5 Å². The molecule has 0 radical (unpaired) electrons. The number of carboxylic acid groups (broad SMARTS) is 1. The van der Waals surface area contributed by atoms with Crippen molar-refractivity contribution < 1.29 is 19.4 Å². The van der Waals surface area contributed by atoms with Crippen LogP contribution >= 0.6 is 0 Å². The van der Waals surface area contributed by atoms with Crippen LogP contribution in [0.1, 0.15) is 15.9 Å². The Balaban J connectivity index is 2.27. The number of carboxylic acids is 1. The fraction of sp³-hybridized carbons (Fsp3) is 0.0588. The lowest BCUT2D eigenvalue weighted by Gasteiger charge is -2.09. The normalized spacial score (nSPS) is 10.9. The molecular weight excluding hydrogens is 282 g/mol. The number of benzene rings is 2. The van der Waals surface area contributed by atoms with Gasteiger partial charge in [-0.3, -0.25) is 4.79 Å². The minimum Gasteiger partial charge on any atom is -0.496 e. The molecule has 0 saturated carbocycles. The van der Waals surface area contributed by atoms with Gasteiger partial charge >= 0.3 is 5.97 Å². The van der Waals surface area contributed by atoms with Gasteiger partial charge in [-0.2, -0.15) is 0 Å². The zero-order chi connectivity index (χ0) is 15.9. The van der Waals surface area contributed by atoms with E-state index < -0.39 is 11.9 Å². The molecule has 0 heterocycles.